The lowest BCUT2D eigenvalue weighted by atomic mass is 10.3. The Hall–Kier alpha value is -1.11. The minimum absolute atomic E-state index is 0.0941. The van der Waals surface area contributed by atoms with E-state index >= 15 is 0 Å². The number of carbonyl (C=O) groups is 2. The summed E-state index contributed by atoms with van der Waals surface area (Å²) in [5.74, 6) is -2.11. The number of carboxylic acid groups (broad SMARTS) is 1. The van der Waals surface area contributed by atoms with Crippen molar-refractivity contribution in [3.8, 4) is 0 Å². The monoisotopic (exact) mass is 221 g/mol. The van der Waals surface area contributed by atoms with Crippen LogP contribution in [0.15, 0.2) is 0 Å². The second-order valence-electron chi connectivity index (χ2n) is 3.12. The number of nitrogens with zero attached hydrogens (tertiary/aromatic N) is 1. The highest BCUT2D eigenvalue weighted by Gasteiger charge is 2.38. The van der Waals surface area contributed by atoms with E-state index in [1.54, 1.807) is 0 Å². The molecule has 0 aromatic carbocycles. The van der Waals surface area contributed by atoms with Crippen molar-refractivity contribution in [3.05, 3.63) is 0 Å². The second-order valence-corrected chi connectivity index (χ2v) is 5.09. The van der Waals surface area contributed by atoms with Gasteiger partial charge in [-0.2, -0.15) is 0 Å². The lowest BCUT2D eigenvalue weighted by Crippen LogP contribution is -2.50. The van der Waals surface area contributed by atoms with Crippen LogP contribution in [-0.4, -0.2) is 41.5 Å². The van der Waals surface area contributed by atoms with Gasteiger partial charge in [0.15, 0.2) is 0 Å². The summed E-state index contributed by atoms with van der Waals surface area (Å²) < 4.78 is 23.2. The van der Waals surface area contributed by atoms with Crippen molar-refractivity contribution < 1.29 is 23.1 Å². The number of carbonyl (C=O) groups excluding carboxylic acids is 1. The van der Waals surface area contributed by atoms with Gasteiger partial charge >= 0.3 is 5.97 Å². The topological polar surface area (TPSA) is 91.8 Å². The fraction of sp³-hybridized carbons (Fsp3) is 0.714. The van der Waals surface area contributed by atoms with Crippen molar-refractivity contribution in [2.75, 3.05) is 5.75 Å². The Morgan fingerprint density at radius 1 is 1.57 bits per heavy atom. The van der Waals surface area contributed by atoms with Crippen molar-refractivity contribution in [1.29, 1.82) is 0 Å². The van der Waals surface area contributed by atoms with Crippen molar-refractivity contribution in [3.63, 3.8) is 0 Å². The van der Waals surface area contributed by atoms with Gasteiger partial charge in [0.1, 0.15) is 6.04 Å². The Morgan fingerprint density at radius 3 is 2.57 bits per heavy atom. The molecule has 1 aliphatic rings. The average Bonchev–Trinajstić information content (AvgIpc) is 2.01. The molecule has 14 heavy (non-hydrogen) atoms. The highest BCUT2D eigenvalue weighted by molar-refractivity contribution is 7.89. The lowest BCUT2D eigenvalue weighted by Gasteiger charge is -2.29. The standard InChI is InChI=1S/C7H11NO5S/c1-5(7(10)11)8-6(9)3-2-4-14(8,12)13/h5H,2-4H2,1H3,(H,10,11). The first-order valence-electron chi connectivity index (χ1n) is 4.14. The van der Waals surface area contributed by atoms with E-state index in [9.17, 15) is 18.0 Å². The van der Waals surface area contributed by atoms with Gasteiger partial charge in [0.25, 0.3) is 0 Å². The molecule has 7 heteroatoms. The third-order valence-electron chi connectivity index (χ3n) is 2.05. The molecule has 1 heterocycles. The maximum Gasteiger partial charge on any atom is 0.327 e. The molecule has 6 nitrogen and oxygen atoms in total. The van der Waals surface area contributed by atoms with E-state index in [1.165, 1.54) is 6.92 Å². The third kappa shape index (κ3) is 1.87. The van der Waals surface area contributed by atoms with E-state index in [4.69, 9.17) is 5.11 Å². The van der Waals surface area contributed by atoms with E-state index in [0.29, 0.717) is 4.31 Å². The summed E-state index contributed by atoms with van der Waals surface area (Å²) in [4.78, 5) is 21.8. The molecule has 80 valence electrons. The highest BCUT2D eigenvalue weighted by atomic mass is 32.2. The number of hydrogen-bond donors (Lipinski definition) is 1. The molecule has 0 spiro atoms. The Balaban J connectivity index is 3.03. The highest BCUT2D eigenvalue weighted by Crippen LogP contribution is 2.18. The lowest BCUT2D eigenvalue weighted by molar-refractivity contribution is -0.145. The summed E-state index contributed by atoms with van der Waals surface area (Å²) in [6.45, 7) is 1.18. The smallest absolute Gasteiger partial charge is 0.327 e. The molecular formula is C7H11NO5S. The molecular weight excluding hydrogens is 210 g/mol. The molecule has 0 aromatic rings. The van der Waals surface area contributed by atoms with E-state index in [2.05, 4.69) is 0 Å². The van der Waals surface area contributed by atoms with Crippen LogP contribution in [0.5, 0.6) is 0 Å². The van der Waals surface area contributed by atoms with Gasteiger partial charge in [0, 0.05) is 6.42 Å². The minimum atomic E-state index is -3.71. The third-order valence-corrected chi connectivity index (χ3v) is 3.97. The maximum absolute atomic E-state index is 11.4. The van der Waals surface area contributed by atoms with Crippen LogP contribution in [0.3, 0.4) is 0 Å². The fourth-order valence-corrected chi connectivity index (χ4v) is 3.01. The summed E-state index contributed by atoms with van der Waals surface area (Å²) >= 11 is 0. The van der Waals surface area contributed by atoms with Crippen molar-refractivity contribution in [2.45, 2.75) is 25.8 Å². The van der Waals surface area contributed by atoms with Gasteiger partial charge in [-0.05, 0) is 13.3 Å². The van der Waals surface area contributed by atoms with Crippen LogP contribution in [0.25, 0.3) is 0 Å². The van der Waals surface area contributed by atoms with E-state index in [1.807, 2.05) is 0 Å². The number of carboxylic acids is 1. The number of rotatable bonds is 2. The summed E-state index contributed by atoms with van der Waals surface area (Å²) in [6.07, 6.45) is 0.362. The number of aliphatic carboxylic acids is 1. The fourth-order valence-electron chi connectivity index (χ4n) is 1.33. The minimum Gasteiger partial charge on any atom is -0.480 e. The van der Waals surface area contributed by atoms with Crippen LogP contribution in [-0.2, 0) is 19.6 Å². The predicted molar refractivity (Wildman–Crippen MR) is 47.0 cm³/mol. The molecule has 0 saturated carbocycles. The number of sulfonamides is 1. The van der Waals surface area contributed by atoms with Crippen molar-refractivity contribution in [1.82, 2.24) is 4.31 Å². The molecule has 1 amide bonds. The van der Waals surface area contributed by atoms with Gasteiger partial charge in [-0.15, -0.1) is 0 Å². The molecule has 1 N–H and O–H groups in total. The average molecular weight is 221 g/mol. The molecule has 1 unspecified atom stereocenters. The Labute approximate surface area is 81.6 Å². The molecule has 0 bridgehead atoms. The van der Waals surface area contributed by atoms with Crippen molar-refractivity contribution in [2.24, 2.45) is 0 Å². The van der Waals surface area contributed by atoms with Crippen LogP contribution < -0.4 is 0 Å². The summed E-state index contributed by atoms with van der Waals surface area (Å²) in [5, 5.41) is 8.63. The van der Waals surface area contributed by atoms with E-state index < -0.39 is 27.9 Å². The second kappa shape index (κ2) is 3.56. The molecule has 1 aliphatic heterocycles. The van der Waals surface area contributed by atoms with Gasteiger partial charge in [0.05, 0.1) is 5.75 Å². The van der Waals surface area contributed by atoms with Gasteiger partial charge < -0.3 is 5.11 Å². The Morgan fingerprint density at radius 2 is 2.14 bits per heavy atom. The number of amides is 1. The Bertz CT molecular complexity index is 360. The predicted octanol–water partition coefficient (Wildman–Crippen LogP) is -0.588. The van der Waals surface area contributed by atoms with Gasteiger partial charge in [0.2, 0.25) is 15.9 Å². The molecule has 1 atom stereocenters. The first-order chi connectivity index (χ1) is 6.36. The molecule has 1 rings (SSSR count). The molecule has 0 aromatic heterocycles. The van der Waals surface area contributed by atoms with Crippen LogP contribution in [0.1, 0.15) is 19.8 Å². The van der Waals surface area contributed by atoms with Crippen LogP contribution >= 0.6 is 0 Å². The first kappa shape index (κ1) is 11.0. The van der Waals surface area contributed by atoms with Gasteiger partial charge in [-0.1, -0.05) is 0 Å². The maximum atomic E-state index is 11.4. The SMILES string of the molecule is CC(C(=O)O)N1C(=O)CCCS1(=O)=O. The first-order valence-corrected chi connectivity index (χ1v) is 5.75. The quantitative estimate of drug-likeness (QED) is 0.673. The molecule has 0 aliphatic carbocycles. The zero-order valence-electron chi connectivity index (χ0n) is 7.63. The largest absolute Gasteiger partial charge is 0.480 e. The summed E-state index contributed by atoms with van der Waals surface area (Å²) in [6, 6.07) is -1.31. The Kier molecular flexibility index (Phi) is 2.79. The van der Waals surface area contributed by atoms with Crippen molar-refractivity contribution >= 4 is 21.9 Å². The summed E-state index contributed by atoms with van der Waals surface area (Å²) in [7, 11) is -3.71. The normalized spacial score (nSPS) is 23.2. The molecule has 0 radical (unpaired) electrons. The molecule has 1 saturated heterocycles. The van der Waals surface area contributed by atoms with Crippen LogP contribution in [0.2, 0.25) is 0 Å². The van der Waals surface area contributed by atoms with E-state index in [0.717, 1.165) is 0 Å². The van der Waals surface area contributed by atoms with E-state index in [-0.39, 0.29) is 18.6 Å². The van der Waals surface area contributed by atoms with Crippen LogP contribution in [0.4, 0.5) is 0 Å². The van der Waals surface area contributed by atoms with Gasteiger partial charge in [-0.25, -0.2) is 17.5 Å². The summed E-state index contributed by atoms with van der Waals surface area (Å²) in [5.41, 5.74) is 0. The number of hydrogen-bond acceptors (Lipinski definition) is 4. The van der Waals surface area contributed by atoms with Gasteiger partial charge in [-0.3, -0.25) is 4.79 Å². The zero-order chi connectivity index (χ0) is 10.9. The molecule has 1 fully saturated rings. The van der Waals surface area contributed by atoms with Crippen LogP contribution in [0, 0.1) is 0 Å². The zero-order valence-corrected chi connectivity index (χ0v) is 8.45.